The van der Waals surface area contributed by atoms with E-state index in [1.165, 1.54) is 34.4 Å². The van der Waals surface area contributed by atoms with Crippen LogP contribution in [0, 0.1) is 6.92 Å². The third-order valence-electron chi connectivity index (χ3n) is 5.45. The molecule has 3 nitrogen and oxygen atoms in total. The smallest absolute Gasteiger partial charge is 0.416 e. The Balaban J connectivity index is 1.61. The molecule has 166 valence electrons. The molecule has 0 aliphatic heterocycles. The molecular formula is C25H28F3NO2. The zero-order chi connectivity index (χ0) is 22.4. The topological polar surface area (TPSA) is 32.7 Å². The van der Waals surface area contributed by atoms with E-state index in [0.29, 0.717) is 18.8 Å². The molecule has 2 aromatic carbocycles. The number of rotatable bonds is 9. The number of hydrogen-bond acceptors (Lipinski definition) is 3. The second-order valence-corrected chi connectivity index (χ2v) is 7.98. The maximum Gasteiger partial charge on any atom is 0.416 e. The van der Waals surface area contributed by atoms with E-state index < -0.39 is 17.8 Å². The maximum atomic E-state index is 12.7. The van der Waals surface area contributed by atoms with Crippen molar-refractivity contribution in [2.45, 2.75) is 39.1 Å². The van der Waals surface area contributed by atoms with E-state index in [0.717, 1.165) is 25.1 Å². The average molecular weight is 431 g/mol. The highest BCUT2D eigenvalue weighted by molar-refractivity contribution is 5.33. The Morgan fingerprint density at radius 1 is 1.03 bits per heavy atom. The zero-order valence-electron chi connectivity index (χ0n) is 17.8. The molecule has 31 heavy (non-hydrogen) atoms. The Kier molecular flexibility index (Phi) is 7.57. The molecule has 0 aromatic heterocycles. The van der Waals surface area contributed by atoms with Gasteiger partial charge in [0.2, 0.25) is 0 Å². The number of alkyl halides is 3. The maximum absolute atomic E-state index is 12.7. The number of allylic oxidation sites excluding steroid dienone is 3. The van der Waals surface area contributed by atoms with Gasteiger partial charge in [-0.2, -0.15) is 13.2 Å². The predicted molar refractivity (Wildman–Crippen MR) is 116 cm³/mol. The molecule has 0 radical (unpaired) electrons. The van der Waals surface area contributed by atoms with Gasteiger partial charge in [-0.15, -0.1) is 0 Å². The number of hydrogen-bond donors (Lipinski definition) is 1. The third kappa shape index (κ3) is 6.71. The highest BCUT2D eigenvalue weighted by Gasteiger charge is 2.30. The number of nitrogens with zero attached hydrogens (tertiary/aromatic N) is 1. The number of ether oxygens (including phenoxy) is 1. The summed E-state index contributed by atoms with van der Waals surface area (Å²) in [6.07, 6.45) is 0.0118. The first-order valence-electron chi connectivity index (χ1n) is 10.3. The number of halogens is 3. The van der Waals surface area contributed by atoms with Crippen molar-refractivity contribution in [3.05, 3.63) is 88.5 Å². The second kappa shape index (κ2) is 10.2. The second-order valence-electron chi connectivity index (χ2n) is 7.98. The van der Waals surface area contributed by atoms with Crippen molar-refractivity contribution < 1.29 is 23.0 Å². The Bertz CT molecular complexity index is 933. The zero-order valence-corrected chi connectivity index (χ0v) is 17.8. The molecule has 3 rings (SSSR count). The van der Waals surface area contributed by atoms with Gasteiger partial charge in [0.05, 0.1) is 5.56 Å². The predicted octanol–water partition coefficient (Wildman–Crippen LogP) is 5.53. The third-order valence-corrected chi connectivity index (χ3v) is 5.45. The average Bonchev–Trinajstić information content (AvgIpc) is 3.12. The van der Waals surface area contributed by atoms with Crippen LogP contribution >= 0.6 is 0 Å². The Morgan fingerprint density at radius 2 is 1.74 bits per heavy atom. The van der Waals surface area contributed by atoms with Crippen LogP contribution in [-0.4, -0.2) is 35.8 Å². The highest BCUT2D eigenvalue weighted by atomic mass is 19.4. The Morgan fingerprint density at radius 3 is 2.35 bits per heavy atom. The summed E-state index contributed by atoms with van der Waals surface area (Å²) >= 11 is 0. The molecule has 0 bridgehead atoms. The van der Waals surface area contributed by atoms with Gasteiger partial charge < -0.3 is 9.84 Å². The van der Waals surface area contributed by atoms with E-state index in [4.69, 9.17) is 4.74 Å². The van der Waals surface area contributed by atoms with E-state index in [1.54, 1.807) is 0 Å². The molecule has 1 unspecified atom stereocenters. The fourth-order valence-electron chi connectivity index (χ4n) is 3.61. The highest BCUT2D eigenvalue weighted by Crippen LogP contribution is 2.30. The largest absolute Gasteiger partial charge is 0.491 e. The molecule has 0 heterocycles. The van der Waals surface area contributed by atoms with Gasteiger partial charge in [-0.1, -0.05) is 42.0 Å². The lowest BCUT2D eigenvalue weighted by molar-refractivity contribution is -0.137. The molecule has 1 aliphatic carbocycles. The molecule has 0 amide bonds. The van der Waals surface area contributed by atoms with Crippen molar-refractivity contribution in [1.82, 2.24) is 4.90 Å². The van der Waals surface area contributed by atoms with Crippen molar-refractivity contribution in [2.75, 3.05) is 19.7 Å². The van der Waals surface area contributed by atoms with Gasteiger partial charge in [-0.3, -0.25) is 4.90 Å². The van der Waals surface area contributed by atoms with Gasteiger partial charge in [0.25, 0.3) is 0 Å². The first-order valence-corrected chi connectivity index (χ1v) is 10.3. The summed E-state index contributed by atoms with van der Waals surface area (Å²) in [6.45, 7) is 6.00. The van der Waals surface area contributed by atoms with Crippen LogP contribution in [0.15, 0.2) is 71.8 Å². The Hall–Kier alpha value is -2.57. The SMILES string of the molecule is CC1=C(CN(Cc2ccccc2C)CC(O)COc2ccc(C(F)(F)F)cc2)CC=C1. The van der Waals surface area contributed by atoms with Gasteiger partial charge >= 0.3 is 6.18 Å². The van der Waals surface area contributed by atoms with E-state index >= 15 is 0 Å². The summed E-state index contributed by atoms with van der Waals surface area (Å²) in [7, 11) is 0. The van der Waals surface area contributed by atoms with Crippen LogP contribution in [0.4, 0.5) is 13.2 Å². The van der Waals surface area contributed by atoms with Crippen molar-refractivity contribution in [3.8, 4) is 5.75 Å². The molecule has 6 heteroatoms. The minimum atomic E-state index is -4.38. The molecule has 1 N–H and O–H groups in total. The van der Waals surface area contributed by atoms with Gasteiger partial charge in [0, 0.05) is 19.6 Å². The van der Waals surface area contributed by atoms with E-state index in [-0.39, 0.29) is 6.61 Å². The molecule has 0 saturated carbocycles. The quantitative estimate of drug-likeness (QED) is 0.567. The number of aliphatic hydroxyl groups is 1. The molecule has 2 aromatic rings. The summed E-state index contributed by atoms with van der Waals surface area (Å²) in [4.78, 5) is 2.19. The van der Waals surface area contributed by atoms with Crippen LogP contribution in [0.25, 0.3) is 0 Å². The Labute approximate surface area is 181 Å². The lowest BCUT2D eigenvalue weighted by atomic mass is 10.1. The van der Waals surface area contributed by atoms with Gasteiger partial charge in [0.15, 0.2) is 0 Å². The standard InChI is InChI=1S/C25H28F3NO2/c1-18-6-3-4-8-20(18)14-29(15-21-9-5-7-19(21)2)16-23(30)17-31-24-12-10-22(11-13-24)25(26,27)28/h3-8,10-13,23,30H,9,14-17H2,1-2H3. The number of aryl methyl sites for hydroxylation is 1. The van der Waals surface area contributed by atoms with Crippen LogP contribution in [0.5, 0.6) is 5.75 Å². The molecule has 1 atom stereocenters. The van der Waals surface area contributed by atoms with Crippen LogP contribution < -0.4 is 4.74 Å². The van der Waals surface area contributed by atoms with E-state index in [2.05, 4.69) is 43.0 Å². The number of benzene rings is 2. The van der Waals surface area contributed by atoms with E-state index in [1.807, 2.05) is 12.1 Å². The van der Waals surface area contributed by atoms with Crippen LogP contribution in [0.3, 0.4) is 0 Å². The van der Waals surface area contributed by atoms with Gasteiger partial charge in [-0.05, 0) is 61.2 Å². The van der Waals surface area contributed by atoms with Crippen molar-refractivity contribution in [1.29, 1.82) is 0 Å². The lowest BCUT2D eigenvalue weighted by Gasteiger charge is -2.27. The summed E-state index contributed by atoms with van der Waals surface area (Å²) in [5.74, 6) is 0.302. The van der Waals surface area contributed by atoms with Crippen molar-refractivity contribution >= 4 is 0 Å². The fraction of sp³-hybridized carbons (Fsp3) is 0.360. The fourth-order valence-corrected chi connectivity index (χ4v) is 3.61. The minimum absolute atomic E-state index is 0.00587. The van der Waals surface area contributed by atoms with Crippen LogP contribution in [0.2, 0.25) is 0 Å². The summed E-state index contributed by atoms with van der Waals surface area (Å²) < 4.78 is 43.6. The van der Waals surface area contributed by atoms with Gasteiger partial charge in [0.1, 0.15) is 18.5 Å². The first-order chi connectivity index (χ1) is 14.7. The summed E-state index contributed by atoms with van der Waals surface area (Å²) in [5, 5.41) is 10.6. The first kappa shape index (κ1) is 23.1. The van der Waals surface area contributed by atoms with Crippen molar-refractivity contribution in [2.24, 2.45) is 0 Å². The van der Waals surface area contributed by atoms with E-state index in [9.17, 15) is 18.3 Å². The molecule has 0 fully saturated rings. The lowest BCUT2D eigenvalue weighted by Crippen LogP contribution is -2.36. The van der Waals surface area contributed by atoms with Crippen molar-refractivity contribution in [3.63, 3.8) is 0 Å². The number of aliphatic hydroxyl groups excluding tert-OH is 1. The molecule has 0 spiro atoms. The normalized spacial score (nSPS) is 15.1. The van der Waals surface area contributed by atoms with Crippen LogP contribution in [0.1, 0.15) is 30.0 Å². The van der Waals surface area contributed by atoms with Crippen LogP contribution in [-0.2, 0) is 12.7 Å². The monoisotopic (exact) mass is 431 g/mol. The molecular weight excluding hydrogens is 403 g/mol. The molecule has 0 saturated heterocycles. The summed E-state index contributed by atoms with van der Waals surface area (Å²) in [5.41, 5.74) is 4.24. The minimum Gasteiger partial charge on any atom is -0.491 e. The molecule has 1 aliphatic rings. The summed E-state index contributed by atoms with van der Waals surface area (Å²) in [6, 6.07) is 12.7. The van der Waals surface area contributed by atoms with Gasteiger partial charge in [-0.25, -0.2) is 0 Å².